The van der Waals surface area contributed by atoms with E-state index in [4.69, 9.17) is 21.1 Å². The van der Waals surface area contributed by atoms with Gasteiger partial charge >= 0.3 is 0 Å². The van der Waals surface area contributed by atoms with E-state index in [1.54, 1.807) is 0 Å². The largest absolute Gasteiger partial charge is 0.389 e. The molecule has 5 heteroatoms. The quantitative estimate of drug-likeness (QED) is 0.687. The first-order chi connectivity index (χ1) is 10.3. The Morgan fingerprint density at radius 2 is 2.29 bits per heavy atom. The number of aliphatic hydroxyl groups excluding tert-OH is 1. The van der Waals surface area contributed by atoms with Crippen molar-refractivity contribution in [3.05, 3.63) is 34.9 Å². The molecule has 0 saturated carbocycles. The zero-order valence-electron chi connectivity index (χ0n) is 12.3. The summed E-state index contributed by atoms with van der Waals surface area (Å²) >= 11 is 6.04. The predicted molar refractivity (Wildman–Crippen MR) is 83.6 cm³/mol. The van der Waals surface area contributed by atoms with E-state index in [0.29, 0.717) is 30.9 Å². The Morgan fingerprint density at radius 3 is 3.05 bits per heavy atom. The Bertz CT molecular complexity index is 410. The SMILES string of the molecule is OC(CNCCC1CCCO1)COCc1ccccc1Cl. The molecule has 0 bridgehead atoms. The fourth-order valence-electron chi connectivity index (χ4n) is 2.38. The Hall–Kier alpha value is -0.650. The number of aliphatic hydroxyl groups is 1. The van der Waals surface area contributed by atoms with E-state index in [9.17, 15) is 5.11 Å². The number of nitrogens with one attached hydrogen (secondary N) is 1. The van der Waals surface area contributed by atoms with Crippen molar-refractivity contribution in [2.45, 2.75) is 38.1 Å². The average Bonchev–Trinajstić information content (AvgIpc) is 2.99. The summed E-state index contributed by atoms with van der Waals surface area (Å²) in [4.78, 5) is 0. The first-order valence-electron chi connectivity index (χ1n) is 7.57. The third kappa shape index (κ3) is 6.32. The zero-order chi connectivity index (χ0) is 14.9. The van der Waals surface area contributed by atoms with Gasteiger partial charge in [0.15, 0.2) is 0 Å². The highest BCUT2D eigenvalue weighted by molar-refractivity contribution is 6.31. The highest BCUT2D eigenvalue weighted by Gasteiger charge is 2.14. The van der Waals surface area contributed by atoms with Gasteiger partial charge in [-0.05, 0) is 37.4 Å². The van der Waals surface area contributed by atoms with Crippen LogP contribution in [-0.2, 0) is 16.1 Å². The minimum atomic E-state index is -0.503. The molecule has 0 amide bonds. The van der Waals surface area contributed by atoms with Crippen molar-refractivity contribution < 1.29 is 14.6 Å². The minimum absolute atomic E-state index is 0.304. The Balaban J connectivity index is 1.51. The molecule has 1 heterocycles. The first kappa shape index (κ1) is 16.7. The molecule has 1 fully saturated rings. The van der Waals surface area contributed by atoms with Gasteiger partial charge in [0, 0.05) is 18.2 Å². The molecule has 21 heavy (non-hydrogen) atoms. The van der Waals surface area contributed by atoms with Crippen LogP contribution in [0.3, 0.4) is 0 Å². The van der Waals surface area contributed by atoms with Gasteiger partial charge in [0.1, 0.15) is 0 Å². The van der Waals surface area contributed by atoms with Crippen LogP contribution in [-0.4, -0.2) is 43.6 Å². The van der Waals surface area contributed by atoms with Crippen LogP contribution < -0.4 is 5.32 Å². The van der Waals surface area contributed by atoms with Gasteiger partial charge in [-0.25, -0.2) is 0 Å². The Morgan fingerprint density at radius 1 is 1.43 bits per heavy atom. The molecule has 0 aromatic heterocycles. The number of ether oxygens (including phenoxy) is 2. The lowest BCUT2D eigenvalue weighted by Gasteiger charge is -2.14. The maximum Gasteiger partial charge on any atom is 0.0897 e. The van der Waals surface area contributed by atoms with E-state index >= 15 is 0 Å². The van der Waals surface area contributed by atoms with Crippen molar-refractivity contribution in [2.24, 2.45) is 0 Å². The maximum atomic E-state index is 9.84. The first-order valence-corrected chi connectivity index (χ1v) is 7.95. The smallest absolute Gasteiger partial charge is 0.0897 e. The predicted octanol–water partition coefficient (Wildman–Crippen LogP) is 2.38. The Labute approximate surface area is 131 Å². The van der Waals surface area contributed by atoms with Crippen molar-refractivity contribution in [3.8, 4) is 0 Å². The van der Waals surface area contributed by atoms with Crippen molar-refractivity contribution in [1.29, 1.82) is 0 Å². The Kier molecular flexibility index (Phi) is 7.47. The summed E-state index contributed by atoms with van der Waals surface area (Å²) in [6.45, 7) is 3.02. The van der Waals surface area contributed by atoms with Crippen molar-refractivity contribution in [3.63, 3.8) is 0 Å². The van der Waals surface area contributed by atoms with Crippen LogP contribution in [0.5, 0.6) is 0 Å². The molecule has 0 radical (unpaired) electrons. The molecule has 0 spiro atoms. The van der Waals surface area contributed by atoms with Crippen LogP contribution in [0.25, 0.3) is 0 Å². The lowest BCUT2D eigenvalue weighted by atomic mass is 10.2. The number of benzene rings is 1. The van der Waals surface area contributed by atoms with E-state index in [0.717, 1.165) is 31.6 Å². The summed E-state index contributed by atoms with van der Waals surface area (Å²) in [7, 11) is 0. The molecule has 0 aliphatic carbocycles. The van der Waals surface area contributed by atoms with E-state index in [2.05, 4.69) is 5.32 Å². The topological polar surface area (TPSA) is 50.7 Å². The van der Waals surface area contributed by atoms with Crippen LogP contribution in [0.1, 0.15) is 24.8 Å². The normalized spacial score (nSPS) is 19.8. The molecule has 2 N–H and O–H groups in total. The van der Waals surface area contributed by atoms with Gasteiger partial charge in [-0.2, -0.15) is 0 Å². The fourth-order valence-corrected chi connectivity index (χ4v) is 2.57. The van der Waals surface area contributed by atoms with Crippen LogP contribution >= 0.6 is 11.6 Å². The fraction of sp³-hybridized carbons (Fsp3) is 0.625. The number of hydrogen-bond acceptors (Lipinski definition) is 4. The van der Waals surface area contributed by atoms with Gasteiger partial charge in [0.05, 0.1) is 25.4 Å². The van der Waals surface area contributed by atoms with Crippen molar-refractivity contribution in [1.82, 2.24) is 5.32 Å². The van der Waals surface area contributed by atoms with E-state index < -0.39 is 6.10 Å². The maximum absolute atomic E-state index is 9.84. The molecule has 2 atom stereocenters. The van der Waals surface area contributed by atoms with Gasteiger partial charge in [-0.3, -0.25) is 0 Å². The number of halogens is 1. The van der Waals surface area contributed by atoms with Crippen LogP contribution in [0.15, 0.2) is 24.3 Å². The summed E-state index contributed by atoms with van der Waals surface area (Å²) in [6, 6.07) is 7.57. The summed E-state index contributed by atoms with van der Waals surface area (Å²) < 4.78 is 11.0. The third-order valence-electron chi connectivity index (χ3n) is 3.57. The molecule has 4 nitrogen and oxygen atoms in total. The van der Waals surface area contributed by atoms with Gasteiger partial charge < -0.3 is 19.9 Å². The van der Waals surface area contributed by atoms with Crippen LogP contribution in [0, 0.1) is 0 Å². The van der Waals surface area contributed by atoms with Gasteiger partial charge in [-0.1, -0.05) is 29.8 Å². The standard InChI is InChI=1S/C16H24ClNO3/c17-16-6-2-1-4-13(16)11-20-12-14(19)10-18-8-7-15-5-3-9-21-15/h1-2,4,6,14-15,18-19H,3,5,7-12H2. The molecule has 1 aromatic carbocycles. The minimum Gasteiger partial charge on any atom is -0.389 e. The molecule has 2 rings (SSSR count). The van der Waals surface area contributed by atoms with Gasteiger partial charge in [0.25, 0.3) is 0 Å². The highest BCUT2D eigenvalue weighted by atomic mass is 35.5. The molecule has 1 aliphatic rings. The molecule has 1 aliphatic heterocycles. The zero-order valence-corrected chi connectivity index (χ0v) is 13.0. The summed E-state index contributed by atoms with van der Waals surface area (Å²) in [5, 5.41) is 13.8. The summed E-state index contributed by atoms with van der Waals surface area (Å²) in [5.74, 6) is 0. The van der Waals surface area contributed by atoms with Crippen LogP contribution in [0.2, 0.25) is 5.02 Å². The van der Waals surface area contributed by atoms with E-state index in [-0.39, 0.29) is 0 Å². The second-order valence-corrected chi connectivity index (χ2v) is 5.80. The van der Waals surface area contributed by atoms with E-state index in [1.165, 1.54) is 6.42 Å². The van der Waals surface area contributed by atoms with Gasteiger partial charge in [0.2, 0.25) is 0 Å². The van der Waals surface area contributed by atoms with Crippen LogP contribution in [0.4, 0.5) is 0 Å². The van der Waals surface area contributed by atoms with E-state index in [1.807, 2.05) is 24.3 Å². The summed E-state index contributed by atoms with van der Waals surface area (Å²) in [6.07, 6.45) is 3.23. The van der Waals surface area contributed by atoms with Crippen molar-refractivity contribution >= 4 is 11.6 Å². The molecule has 2 unspecified atom stereocenters. The molecular weight excluding hydrogens is 290 g/mol. The third-order valence-corrected chi connectivity index (χ3v) is 3.94. The lowest BCUT2D eigenvalue weighted by Crippen LogP contribution is -2.32. The number of hydrogen-bond donors (Lipinski definition) is 2. The molecule has 1 saturated heterocycles. The van der Waals surface area contributed by atoms with Gasteiger partial charge in [-0.15, -0.1) is 0 Å². The summed E-state index contributed by atoms with van der Waals surface area (Å²) in [5.41, 5.74) is 0.942. The molecular formula is C16H24ClNO3. The second kappa shape index (κ2) is 9.38. The lowest BCUT2D eigenvalue weighted by molar-refractivity contribution is 0.0282. The number of rotatable bonds is 9. The monoisotopic (exact) mass is 313 g/mol. The molecule has 1 aromatic rings. The highest BCUT2D eigenvalue weighted by Crippen LogP contribution is 2.16. The van der Waals surface area contributed by atoms with Crippen molar-refractivity contribution in [2.75, 3.05) is 26.3 Å². The average molecular weight is 314 g/mol. The second-order valence-electron chi connectivity index (χ2n) is 5.39. The molecule has 118 valence electrons.